The Hall–Kier alpha value is -1.37. The topological polar surface area (TPSA) is 74.2 Å². The zero-order chi connectivity index (χ0) is 18.1. The fourth-order valence-corrected chi connectivity index (χ4v) is 3.44. The highest BCUT2D eigenvalue weighted by Crippen LogP contribution is 2.44. The zero-order valence-electron chi connectivity index (χ0n) is 15.2. The average Bonchev–Trinajstić information content (AvgIpc) is 2.91. The van der Waals surface area contributed by atoms with Crippen molar-refractivity contribution in [2.24, 2.45) is 0 Å². The predicted molar refractivity (Wildman–Crippen MR) is 87.9 cm³/mol. The lowest BCUT2D eigenvalue weighted by Crippen LogP contribution is -2.50. The molecular weight excluding hydrogens is 312 g/mol. The van der Waals surface area contributed by atoms with Crippen LogP contribution in [0, 0.1) is 0 Å². The Morgan fingerprint density at radius 3 is 2.58 bits per heavy atom. The Morgan fingerprint density at radius 1 is 1.33 bits per heavy atom. The summed E-state index contributed by atoms with van der Waals surface area (Å²) in [5, 5.41) is 11.0. The van der Waals surface area contributed by atoms with Crippen LogP contribution in [-0.4, -0.2) is 41.8 Å². The maximum Gasteiger partial charge on any atom is 0.346 e. The third-order valence-electron chi connectivity index (χ3n) is 4.56. The van der Waals surface area contributed by atoms with Gasteiger partial charge in [0.05, 0.1) is 13.2 Å². The van der Waals surface area contributed by atoms with Crippen molar-refractivity contribution in [1.29, 1.82) is 0 Å². The van der Waals surface area contributed by atoms with Crippen LogP contribution in [0.1, 0.15) is 53.4 Å². The number of aliphatic hydroxyl groups is 1. The molecule has 0 unspecified atom stereocenters. The number of carbonyl (C=O) groups is 1. The van der Waals surface area contributed by atoms with Gasteiger partial charge in [-0.05, 0) is 27.2 Å². The maximum atomic E-state index is 12.1. The Morgan fingerprint density at radius 2 is 2.00 bits per heavy atom. The molecule has 0 saturated carbocycles. The Bertz CT molecular complexity index is 550. The first-order valence-corrected chi connectivity index (χ1v) is 8.42. The SMILES string of the molecule is C=C1OC(=O)C([C@@H](O)[C@@]2(C)OC(C)(C)O[C@@H]2CCCCC)=C1OC. The lowest BCUT2D eigenvalue weighted by molar-refractivity contribution is -0.176. The number of esters is 1. The highest BCUT2D eigenvalue weighted by atomic mass is 16.8. The molecule has 0 aromatic rings. The van der Waals surface area contributed by atoms with Crippen LogP contribution >= 0.6 is 0 Å². The van der Waals surface area contributed by atoms with Gasteiger partial charge < -0.3 is 24.1 Å². The average molecular weight is 340 g/mol. The van der Waals surface area contributed by atoms with Crippen molar-refractivity contribution in [2.75, 3.05) is 7.11 Å². The lowest BCUT2D eigenvalue weighted by atomic mass is 9.85. The van der Waals surface area contributed by atoms with E-state index in [2.05, 4.69) is 13.5 Å². The standard InChI is InChI=1S/C18H28O6/c1-7-8-9-10-12-18(5,24-17(3,4)23-12)15(19)13-14(21-6)11(2)22-16(13)20/h12,15,19H,2,7-10H2,1,3-6H3/t12-,15-,18+/m1/s1. The summed E-state index contributed by atoms with van der Waals surface area (Å²) < 4.78 is 22.2. The maximum absolute atomic E-state index is 12.1. The summed E-state index contributed by atoms with van der Waals surface area (Å²) in [6, 6.07) is 0. The van der Waals surface area contributed by atoms with E-state index in [4.69, 9.17) is 18.9 Å². The normalized spacial score (nSPS) is 30.7. The highest BCUT2D eigenvalue weighted by molar-refractivity contribution is 5.95. The molecule has 1 N–H and O–H groups in total. The molecule has 2 aliphatic rings. The van der Waals surface area contributed by atoms with E-state index in [0.717, 1.165) is 25.7 Å². The number of hydrogen-bond acceptors (Lipinski definition) is 6. The molecule has 3 atom stereocenters. The minimum absolute atomic E-state index is 0.0341. The Balaban J connectivity index is 2.33. The summed E-state index contributed by atoms with van der Waals surface area (Å²) in [7, 11) is 1.41. The molecule has 6 nitrogen and oxygen atoms in total. The van der Waals surface area contributed by atoms with Gasteiger partial charge in [0.1, 0.15) is 17.3 Å². The van der Waals surface area contributed by atoms with Crippen LogP contribution in [0.4, 0.5) is 0 Å². The molecule has 2 aliphatic heterocycles. The van der Waals surface area contributed by atoms with Gasteiger partial charge in [-0.25, -0.2) is 4.79 Å². The molecule has 0 amide bonds. The van der Waals surface area contributed by atoms with Crippen LogP contribution in [0.25, 0.3) is 0 Å². The van der Waals surface area contributed by atoms with Gasteiger partial charge >= 0.3 is 5.97 Å². The molecule has 0 aliphatic carbocycles. The third-order valence-corrected chi connectivity index (χ3v) is 4.56. The molecular formula is C18H28O6. The predicted octanol–water partition coefficient (Wildman–Crippen LogP) is 2.81. The van der Waals surface area contributed by atoms with Gasteiger partial charge in [-0.2, -0.15) is 0 Å². The fraction of sp³-hybridized carbons (Fsp3) is 0.722. The molecule has 6 heteroatoms. The molecule has 2 heterocycles. The van der Waals surface area contributed by atoms with Gasteiger partial charge in [-0.3, -0.25) is 0 Å². The number of cyclic esters (lactones) is 1. The zero-order valence-corrected chi connectivity index (χ0v) is 15.2. The van der Waals surface area contributed by atoms with Gasteiger partial charge in [0, 0.05) is 0 Å². The third kappa shape index (κ3) is 3.36. The molecule has 24 heavy (non-hydrogen) atoms. The van der Waals surface area contributed by atoms with Crippen LogP contribution in [0.3, 0.4) is 0 Å². The van der Waals surface area contributed by atoms with Gasteiger partial charge in [0.2, 0.25) is 0 Å². The van der Waals surface area contributed by atoms with E-state index in [1.807, 2.05) is 0 Å². The number of aliphatic hydroxyl groups excluding tert-OH is 1. The van der Waals surface area contributed by atoms with Crippen molar-refractivity contribution in [1.82, 2.24) is 0 Å². The van der Waals surface area contributed by atoms with Gasteiger partial charge in [0.15, 0.2) is 17.3 Å². The summed E-state index contributed by atoms with van der Waals surface area (Å²) in [6.07, 6.45) is 2.25. The van der Waals surface area contributed by atoms with Gasteiger partial charge in [-0.1, -0.05) is 32.8 Å². The van der Waals surface area contributed by atoms with Gasteiger partial charge in [-0.15, -0.1) is 0 Å². The van der Waals surface area contributed by atoms with Crippen molar-refractivity contribution < 1.29 is 28.8 Å². The number of unbranched alkanes of at least 4 members (excludes halogenated alkanes) is 2. The van der Waals surface area contributed by atoms with Crippen molar-refractivity contribution >= 4 is 5.97 Å². The van der Waals surface area contributed by atoms with Crippen LogP contribution in [-0.2, 0) is 23.7 Å². The lowest BCUT2D eigenvalue weighted by Gasteiger charge is -2.33. The van der Waals surface area contributed by atoms with Crippen LogP contribution in [0.2, 0.25) is 0 Å². The number of carbonyl (C=O) groups excluding carboxylic acids is 1. The van der Waals surface area contributed by atoms with Crippen molar-refractivity contribution in [3.05, 3.63) is 23.7 Å². The largest absolute Gasteiger partial charge is 0.492 e. The monoisotopic (exact) mass is 340 g/mol. The van der Waals surface area contributed by atoms with Crippen LogP contribution in [0.5, 0.6) is 0 Å². The quantitative estimate of drug-likeness (QED) is 0.567. The van der Waals surface area contributed by atoms with E-state index in [0.29, 0.717) is 0 Å². The molecule has 2 rings (SSSR count). The van der Waals surface area contributed by atoms with E-state index >= 15 is 0 Å². The van der Waals surface area contributed by atoms with E-state index in [9.17, 15) is 9.90 Å². The summed E-state index contributed by atoms with van der Waals surface area (Å²) in [5.74, 6) is -1.25. The van der Waals surface area contributed by atoms with Crippen molar-refractivity contribution in [3.63, 3.8) is 0 Å². The van der Waals surface area contributed by atoms with E-state index < -0.39 is 23.5 Å². The summed E-state index contributed by atoms with van der Waals surface area (Å²) in [4.78, 5) is 12.1. The number of hydrogen-bond donors (Lipinski definition) is 1. The molecule has 1 fully saturated rings. The van der Waals surface area contributed by atoms with Crippen molar-refractivity contribution in [3.8, 4) is 0 Å². The van der Waals surface area contributed by atoms with Crippen molar-refractivity contribution in [2.45, 2.75) is 77.0 Å². The fourth-order valence-electron chi connectivity index (χ4n) is 3.44. The molecule has 0 aromatic carbocycles. The minimum atomic E-state index is -1.24. The highest BCUT2D eigenvalue weighted by Gasteiger charge is 2.57. The number of rotatable bonds is 7. The first kappa shape index (κ1) is 19.0. The van der Waals surface area contributed by atoms with Crippen LogP contribution in [0.15, 0.2) is 23.7 Å². The molecule has 136 valence electrons. The molecule has 0 aromatic heterocycles. The first-order valence-electron chi connectivity index (χ1n) is 8.42. The number of methoxy groups -OCH3 is 1. The van der Waals surface area contributed by atoms with Crippen LogP contribution < -0.4 is 0 Å². The minimum Gasteiger partial charge on any atom is -0.492 e. The summed E-state index contributed by atoms with van der Waals surface area (Å²) in [5.41, 5.74) is -1.05. The second kappa shape index (κ2) is 6.86. The number of ether oxygens (including phenoxy) is 4. The summed E-state index contributed by atoms with van der Waals surface area (Å²) in [6.45, 7) is 11.1. The molecule has 0 spiro atoms. The van der Waals surface area contributed by atoms with Gasteiger partial charge in [0.25, 0.3) is 0 Å². The van der Waals surface area contributed by atoms with E-state index in [-0.39, 0.29) is 23.2 Å². The summed E-state index contributed by atoms with van der Waals surface area (Å²) >= 11 is 0. The van der Waals surface area contributed by atoms with E-state index in [1.165, 1.54) is 7.11 Å². The first-order chi connectivity index (χ1) is 11.2. The van der Waals surface area contributed by atoms with E-state index in [1.54, 1.807) is 20.8 Å². The second-order valence-corrected chi connectivity index (χ2v) is 6.95. The Kier molecular flexibility index (Phi) is 5.42. The Labute approximate surface area is 143 Å². The molecule has 0 radical (unpaired) electrons. The second-order valence-electron chi connectivity index (χ2n) is 6.95. The smallest absolute Gasteiger partial charge is 0.346 e. The molecule has 0 bridgehead atoms. The molecule has 1 saturated heterocycles.